The highest BCUT2D eigenvalue weighted by Gasteiger charge is 2.42. The van der Waals surface area contributed by atoms with Crippen LogP contribution in [0, 0.1) is 11.6 Å². The maximum absolute atomic E-state index is 15.3. The van der Waals surface area contributed by atoms with Crippen molar-refractivity contribution in [3.63, 3.8) is 0 Å². The van der Waals surface area contributed by atoms with Crippen LogP contribution in [0.25, 0.3) is 0 Å². The van der Waals surface area contributed by atoms with E-state index in [0.717, 1.165) is 91.7 Å². The van der Waals surface area contributed by atoms with Crippen molar-refractivity contribution in [2.24, 2.45) is 0 Å². The largest absolute Gasteiger partial charge is 0.465 e. The third-order valence-corrected chi connectivity index (χ3v) is 12.7. The average molecular weight is 828 g/mol. The number of likely N-dealkylation sites (tertiary alicyclic amines) is 1. The zero-order valence-corrected chi connectivity index (χ0v) is 34.4. The van der Waals surface area contributed by atoms with Crippen LogP contribution in [-0.4, -0.2) is 86.2 Å². The summed E-state index contributed by atoms with van der Waals surface area (Å²) in [5, 5.41) is 9.19. The predicted molar refractivity (Wildman–Crippen MR) is 223 cm³/mol. The highest BCUT2D eigenvalue weighted by atomic mass is 32.1. The molecule has 1 aliphatic carbocycles. The summed E-state index contributed by atoms with van der Waals surface area (Å²) >= 11 is 1.37. The van der Waals surface area contributed by atoms with Gasteiger partial charge in [-0.15, -0.1) is 11.3 Å². The van der Waals surface area contributed by atoms with Gasteiger partial charge in [0.1, 0.15) is 16.6 Å². The first-order valence-corrected chi connectivity index (χ1v) is 21.2. The molecule has 3 N–H and O–H groups in total. The predicted octanol–water partition coefficient (Wildman–Crippen LogP) is 7.77. The first kappa shape index (κ1) is 42.0. The lowest BCUT2D eigenvalue weighted by molar-refractivity contribution is 0.0600. The van der Waals surface area contributed by atoms with E-state index in [0.29, 0.717) is 54.2 Å². The van der Waals surface area contributed by atoms with E-state index >= 15 is 8.78 Å². The van der Waals surface area contributed by atoms with Gasteiger partial charge in [-0.25, -0.2) is 18.4 Å². The number of nitrogens with zero attached hydrogens (tertiary/aromatic N) is 2. The lowest BCUT2D eigenvalue weighted by Crippen LogP contribution is -2.57. The summed E-state index contributed by atoms with van der Waals surface area (Å²) in [5.41, 5.74) is 3.65. The van der Waals surface area contributed by atoms with Gasteiger partial charge in [-0.2, -0.15) is 0 Å². The molecule has 2 fully saturated rings. The molecule has 2 saturated heterocycles. The maximum atomic E-state index is 15.3. The van der Waals surface area contributed by atoms with Crippen LogP contribution in [-0.2, 0) is 41.7 Å². The molecule has 4 amide bonds. The number of nitrogens with one attached hydrogen (secondary N) is 3. The van der Waals surface area contributed by atoms with E-state index in [9.17, 15) is 19.2 Å². The summed E-state index contributed by atoms with van der Waals surface area (Å²) < 4.78 is 40.5. The van der Waals surface area contributed by atoms with Crippen molar-refractivity contribution in [2.75, 3.05) is 51.1 Å². The molecule has 2 bridgehead atoms. The SMILES string of the molecule is COCCCCNC(=O)N1C2CCC1CN(Cc1cccc(C(=O)Nc3sc4c(c3C(=O)Nc3cc(F)c(CCc5ccc(C(=O)OC)cc5)c(F)c3)CCCC4)c1)C2. The Bertz CT molecular complexity index is 2140. The highest BCUT2D eigenvalue weighted by Crippen LogP contribution is 2.39. The Morgan fingerprint density at radius 3 is 2.25 bits per heavy atom. The van der Waals surface area contributed by atoms with Crippen LogP contribution in [0.2, 0.25) is 0 Å². The number of ether oxygens (including phenoxy) is 2. The molecule has 7 rings (SSSR count). The van der Waals surface area contributed by atoms with Crippen molar-refractivity contribution < 1.29 is 37.4 Å². The zero-order valence-electron chi connectivity index (χ0n) is 33.5. The second-order valence-electron chi connectivity index (χ2n) is 15.5. The van der Waals surface area contributed by atoms with Gasteiger partial charge in [0.2, 0.25) is 0 Å². The third kappa shape index (κ3) is 10.00. The fourth-order valence-corrected chi connectivity index (χ4v) is 9.83. The molecule has 11 nitrogen and oxygen atoms in total. The average Bonchev–Trinajstić information content (AvgIpc) is 3.73. The van der Waals surface area contributed by atoms with Gasteiger partial charge in [0.05, 0.1) is 18.2 Å². The topological polar surface area (TPSA) is 129 Å². The summed E-state index contributed by atoms with van der Waals surface area (Å²) in [6, 6.07) is 16.6. The molecule has 0 saturated carbocycles. The number of fused-ring (bicyclic) bond motifs is 3. The van der Waals surface area contributed by atoms with Gasteiger partial charge in [0.25, 0.3) is 11.8 Å². The number of thiophene rings is 1. The zero-order chi connectivity index (χ0) is 41.5. The number of esters is 1. The summed E-state index contributed by atoms with van der Waals surface area (Å²) in [6.45, 7) is 3.46. The molecule has 59 heavy (non-hydrogen) atoms. The Hall–Kier alpha value is -5.18. The van der Waals surface area contributed by atoms with Gasteiger partial charge in [-0.1, -0.05) is 24.3 Å². The number of halogens is 2. The second-order valence-corrected chi connectivity index (χ2v) is 16.7. The Kier molecular flexibility index (Phi) is 13.7. The van der Waals surface area contributed by atoms with Gasteiger partial charge in [-0.05, 0) is 117 Å². The maximum Gasteiger partial charge on any atom is 0.337 e. The smallest absolute Gasteiger partial charge is 0.337 e. The molecule has 0 radical (unpaired) electrons. The van der Waals surface area contributed by atoms with Gasteiger partial charge >= 0.3 is 12.0 Å². The normalized spacial score (nSPS) is 17.3. The second kappa shape index (κ2) is 19.3. The van der Waals surface area contributed by atoms with Crippen LogP contribution in [0.5, 0.6) is 0 Å². The van der Waals surface area contributed by atoms with Gasteiger partial charge in [0.15, 0.2) is 0 Å². The van der Waals surface area contributed by atoms with E-state index in [4.69, 9.17) is 9.47 Å². The van der Waals surface area contributed by atoms with Crippen molar-refractivity contribution in [1.82, 2.24) is 15.1 Å². The number of urea groups is 1. The van der Waals surface area contributed by atoms with Crippen LogP contribution in [0.4, 0.5) is 24.3 Å². The minimum atomic E-state index is -0.781. The standard InChI is InChI=1S/C45H51F2N5O6S/c1-57-21-6-5-20-48-45(56)52-33-17-18-34(52)27-51(26-33)25-29-8-7-9-31(22-29)41(53)50-43-40(36-10-3-4-11-39(36)59-43)42(54)49-32-23-37(46)35(38(47)24-32)19-14-28-12-15-30(16-13-28)44(55)58-2/h7-9,12-13,15-16,22-24,33-34H,3-6,10-11,14,17-21,25-27H2,1-2H3,(H,48,56)(H,49,54)(H,50,53). The number of hydrogen-bond donors (Lipinski definition) is 3. The van der Waals surface area contributed by atoms with Crippen LogP contribution in [0.3, 0.4) is 0 Å². The minimum absolute atomic E-state index is 0.00260. The monoisotopic (exact) mass is 827 g/mol. The summed E-state index contributed by atoms with van der Waals surface area (Å²) in [5.74, 6) is -2.92. The molecule has 2 aliphatic heterocycles. The Labute approximate surface area is 347 Å². The van der Waals surface area contributed by atoms with E-state index in [1.807, 2.05) is 23.1 Å². The third-order valence-electron chi connectivity index (χ3n) is 11.5. The number of anilines is 2. The molecule has 1 aromatic heterocycles. The number of carbonyl (C=O) groups is 4. The number of benzene rings is 3. The van der Waals surface area contributed by atoms with E-state index in [2.05, 4.69) is 20.9 Å². The van der Waals surface area contributed by atoms with Crippen LogP contribution < -0.4 is 16.0 Å². The van der Waals surface area contributed by atoms with Gasteiger partial charge in [0, 0.05) is 73.7 Å². The number of unbranched alkanes of at least 4 members (excludes halogenated alkanes) is 1. The molecule has 3 aliphatic rings. The van der Waals surface area contributed by atoms with Crippen molar-refractivity contribution in [2.45, 2.75) is 82.8 Å². The lowest BCUT2D eigenvalue weighted by atomic mass is 9.95. The minimum Gasteiger partial charge on any atom is -0.465 e. The number of hydrogen-bond acceptors (Lipinski definition) is 8. The Morgan fingerprint density at radius 2 is 1.54 bits per heavy atom. The fraction of sp³-hybridized carbons (Fsp3) is 0.422. The summed E-state index contributed by atoms with van der Waals surface area (Å²) in [4.78, 5) is 57.9. The molecule has 14 heteroatoms. The molecule has 0 spiro atoms. The Morgan fingerprint density at radius 1 is 0.814 bits per heavy atom. The molecule has 4 aromatic rings. The summed E-state index contributed by atoms with van der Waals surface area (Å²) in [7, 11) is 2.97. The molecule has 2 unspecified atom stereocenters. The van der Waals surface area contributed by atoms with E-state index < -0.39 is 23.5 Å². The Balaban J connectivity index is 0.986. The lowest BCUT2D eigenvalue weighted by Gasteiger charge is -2.41. The fourth-order valence-electron chi connectivity index (χ4n) is 8.55. The molecule has 3 heterocycles. The van der Waals surface area contributed by atoms with Crippen molar-refractivity contribution in [1.29, 1.82) is 0 Å². The number of aryl methyl sites for hydroxylation is 2. The highest BCUT2D eigenvalue weighted by molar-refractivity contribution is 7.17. The quantitative estimate of drug-likeness (QED) is 0.0826. The van der Waals surface area contributed by atoms with Crippen LogP contribution in [0.1, 0.15) is 96.7 Å². The number of rotatable bonds is 15. The van der Waals surface area contributed by atoms with Crippen molar-refractivity contribution in [3.05, 3.63) is 116 Å². The first-order valence-electron chi connectivity index (χ1n) is 20.4. The molecule has 2 atom stereocenters. The van der Waals surface area contributed by atoms with Gasteiger partial charge in [-0.3, -0.25) is 14.5 Å². The molecule has 3 aromatic carbocycles. The van der Waals surface area contributed by atoms with Crippen LogP contribution >= 0.6 is 11.3 Å². The number of piperazine rings is 1. The van der Waals surface area contributed by atoms with Crippen molar-refractivity contribution in [3.8, 4) is 0 Å². The van der Waals surface area contributed by atoms with Gasteiger partial charge < -0.3 is 30.3 Å². The number of carbonyl (C=O) groups excluding carboxylic acids is 4. The summed E-state index contributed by atoms with van der Waals surface area (Å²) in [6.07, 6.45) is 7.41. The molecule has 312 valence electrons. The van der Waals surface area contributed by atoms with E-state index in [1.165, 1.54) is 18.4 Å². The number of methoxy groups -OCH3 is 2. The molecular weight excluding hydrogens is 777 g/mol. The van der Waals surface area contributed by atoms with Crippen LogP contribution in [0.15, 0.2) is 60.7 Å². The first-order chi connectivity index (χ1) is 28.6. The van der Waals surface area contributed by atoms with E-state index in [-0.39, 0.29) is 41.7 Å². The van der Waals surface area contributed by atoms with Crippen molar-refractivity contribution >= 4 is 45.8 Å². The number of amides is 4. The molecular formula is C45H51F2N5O6S. The van der Waals surface area contributed by atoms with E-state index in [1.54, 1.807) is 37.4 Å².